The van der Waals surface area contributed by atoms with Crippen LogP contribution in [-0.4, -0.2) is 68.0 Å². The summed E-state index contributed by atoms with van der Waals surface area (Å²) in [5.74, 6) is 2.96. The van der Waals surface area contributed by atoms with Gasteiger partial charge in [-0.15, -0.1) is 0 Å². The minimum Gasteiger partial charge on any atom is -0.508 e. The summed E-state index contributed by atoms with van der Waals surface area (Å²) in [5, 5.41) is 20.8. The molecule has 0 saturated carbocycles. The molecule has 0 amide bonds. The van der Waals surface area contributed by atoms with Crippen LogP contribution in [0.1, 0.15) is 22.3 Å². The van der Waals surface area contributed by atoms with Gasteiger partial charge in [0.1, 0.15) is 47.7 Å². The second-order valence-corrected chi connectivity index (χ2v) is 20.1. The van der Waals surface area contributed by atoms with Crippen LogP contribution < -0.4 is 36.8 Å². The van der Waals surface area contributed by atoms with Crippen LogP contribution in [0.25, 0.3) is 44.5 Å². The van der Waals surface area contributed by atoms with E-state index in [0.717, 1.165) is 51.6 Å². The predicted octanol–water partition coefficient (Wildman–Crippen LogP) is 11.9. The van der Waals surface area contributed by atoms with E-state index in [1.165, 1.54) is 33.5 Å². The summed E-state index contributed by atoms with van der Waals surface area (Å²) in [6, 6.07) is 47.4. The average Bonchev–Trinajstić information content (AvgIpc) is 3.37. The zero-order valence-electron chi connectivity index (χ0n) is 42.0. The highest BCUT2D eigenvalue weighted by Crippen LogP contribution is 2.52. The Labute approximate surface area is 432 Å². The Morgan fingerprint density at radius 3 is 1.27 bits per heavy atom. The van der Waals surface area contributed by atoms with Gasteiger partial charge in [0.05, 0.1) is 52.1 Å². The average molecular weight is 1040 g/mol. The van der Waals surface area contributed by atoms with Gasteiger partial charge in [0.2, 0.25) is 0 Å². The number of aryl methyl sites for hydroxylation is 2. The fourth-order valence-corrected chi connectivity index (χ4v) is 9.02. The van der Waals surface area contributed by atoms with Crippen LogP contribution in [0, 0.1) is 13.8 Å². The molecule has 8 rings (SSSR count). The second kappa shape index (κ2) is 23.5. The molecule has 0 saturated heterocycles. The van der Waals surface area contributed by atoms with Crippen LogP contribution in [-0.2, 0) is 33.5 Å². The second-order valence-electron chi connectivity index (χ2n) is 16.9. The Hall–Kier alpha value is -8.34. The van der Waals surface area contributed by atoms with E-state index in [4.69, 9.17) is 36.8 Å². The summed E-state index contributed by atoms with van der Waals surface area (Å²) in [6.07, 6.45) is 1.89. The summed E-state index contributed by atoms with van der Waals surface area (Å²) in [4.78, 5) is 0. The molecular weight excluding hydrogens is 985 g/mol. The van der Waals surface area contributed by atoms with Gasteiger partial charge < -0.3 is 47.0 Å². The minimum atomic E-state index is -4.00. The molecule has 0 aliphatic heterocycles. The molecule has 0 bridgehead atoms. The number of ether oxygens (including phenoxy) is 6. The Bertz CT molecular complexity index is 3460. The Balaban J connectivity index is 0.000000221. The summed E-state index contributed by atoms with van der Waals surface area (Å²) in [7, 11) is -1.76. The molecule has 8 aromatic carbocycles. The zero-order chi connectivity index (χ0) is 53.2. The third-order valence-electron chi connectivity index (χ3n) is 11.5. The summed E-state index contributed by atoms with van der Waals surface area (Å²) in [5.41, 5.74) is 8.65. The van der Waals surface area contributed by atoms with Crippen molar-refractivity contribution in [2.45, 2.75) is 27.1 Å². The molecule has 0 aliphatic carbocycles. The van der Waals surface area contributed by atoms with Gasteiger partial charge in [-0.05, 0) is 119 Å². The van der Waals surface area contributed by atoms with E-state index < -0.39 is 20.2 Å². The lowest BCUT2D eigenvalue weighted by Crippen LogP contribution is -2.09. The topological polar surface area (TPSA) is 183 Å². The van der Waals surface area contributed by atoms with Crippen LogP contribution in [0.5, 0.6) is 57.5 Å². The zero-order valence-corrected chi connectivity index (χ0v) is 43.7. The summed E-state index contributed by atoms with van der Waals surface area (Å²) >= 11 is 0. The van der Waals surface area contributed by atoms with Crippen LogP contribution in [0.2, 0.25) is 0 Å². The maximum atomic E-state index is 12.4. The van der Waals surface area contributed by atoms with E-state index in [0.29, 0.717) is 69.6 Å². The Morgan fingerprint density at radius 1 is 0.419 bits per heavy atom. The fourth-order valence-electron chi connectivity index (χ4n) is 8.10. The Morgan fingerprint density at radius 2 is 0.838 bits per heavy atom. The molecule has 74 heavy (non-hydrogen) atoms. The quantitative estimate of drug-likeness (QED) is 0.0774. The van der Waals surface area contributed by atoms with E-state index in [1.54, 1.807) is 61.7 Å². The van der Waals surface area contributed by atoms with E-state index >= 15 is 0 Å². The molecule has 16 heteroatoms. The maximum Gasteiger partial charge on any atom is 0.306 e. The highest BCUT2D eigenvalue weighted by Gasteiger charge is 2.27. The normalized spacial score (nSPS) is 11.1. The number of hydrogen-bond donors (Lipinski definition) is 2. The van der Waals surface area contributed by atoms with Crippen molar-refractivity contribution >= 4 is 20.2 Å². The molecule has 384 valence electrons. The van der Waals surface area contributed by atoms with Gasteiger partial charge in [-0.1, -0.05) is 97.1 Å². The van der Waals surface area contributed by atoms with E-state index in [9.17, 15) is 27.0 Å². The third kappa shape index (κ3) is 13.2. The van der Waals surface area contributed by atoms with Crippen molar-refractivity contribution < 1.29 is 63.8 Å². The number of aromatic hydroxyl groups is 2. The number of phenols is 2. The molecule has 0 heterocycles. The number of rotatable bonds is 18. The highest BCUT2D eigenvalue weighted by molar-refractivity contribution is 7.86. The number of phenolic OH excluding ortho intramolecular Hbond substituents is 2. The largest absolute Gasteiger partial charge is 0.508 e. The molecule has 8 aromatic rings. The van der Waals surface area contributed by atoms with Gasteiger partial charge >= 0.3 is 20.2 Å². The van der Waals surface area contributed by atoms with Crippen molar-refractivity contribution in [2.24, 2.45) is 0 Å². The van der Waals surface area contributed by atoms with Gasteiger partial charge in [-0.2, -0.15) is 16.8 Å². The fraction of sp³-hybridized carbons (Fsp3) is 0.172. The molecule has 0 aliphatic rings. The number of hydrogen-bond acceptors (Lipinski definition) is 14. The maximum absolute atomic E-state index is 12.4. The lowest BCUT2D eigenvalue weighted by Gasteiger charge is -2.21. The molecule has 0 atom stereocenters. The van der Waals surface area contributed by atoms with Crippen molar-refractivity contribution in [3.8, 4) is 102 Å². The molecule has 0 spiro atoms. The molecule has 0 unspecified atom stereocenters. The van der Waals surface area contributed by atoms with Crippen LogP contribution >= 0.6 is 0 Å². The third-order valence-corrected chi connectivity index (χ3v) is 12.5. The van der Waals surface area contributed by atoms with Crippen LogP contribution in [0.4, 0.5) is 0 Å². The van der Waals surface area contributed by atoms with Crippen LogP contribution in [0.15, 0.2) is 158 Å². The predicted molar refractivity (Wildman–Crippen MR) is 286 cm³/mol. The van der Waals surface area contributed by atoms with Crippen molar-refractivity contribution in [3.05, 3.63) is 180 Å². The molecule has 14 nitrogen and oxygen atoms in total. The number of methoxy groups -OCH3 is 4. The monoisotopic (exact) mass is 1040 g/mol. The lowest BCUT2D eigenvalue weighted by atomic mass is 9.95. The molecule has 2 N–H and O–H groups in total. The van der Waals surface area contributed by atoms with Crippen molar-refractivity contribution in [2.75, 3.05) is 41.0 Å². The smallest absolute Gasteiger partial charge is 0.306 e. The minimum absolute atomic E-state index is 0.0164. The van der Waals surface area contributed by atoms with Gasteiger partial charge in [-0.25, -0.2) is 0 Å². The molecule has 0 radical (unpaired) electrons. The summed E-state index contributed by atoms with van der Waals surface area (Å²) in [6.45, 7) is 4.72. The first-order chi connectivity index (χ1) is 35.4. The summed E-state index contributed by atoms with van der Waals surface area (Å²) < 4.78 is 92.9. The lowest BCUT2D eigenvalue weighted by molar-refractivity contribution is 0.304. The Kier molecular flexibility index (Phi) is 17.0. The van der Waals surface area contributed by atoms with Crippen molar-refractivity contribution in [1.29, 1.82) is 0 Å². The molecule has 0 aromatic heterocycles. The van der Waals surface area contributed by atoms with Crippen LogP contribution in [0.3, 0.4) is 0 Å². The van der Waals surface area contributed by atoms with E-state index in [2.05, 4.69) is 0 Å². The highest BCUT2D eigenvalue weighted by atomic mass is 32.2. The van der Waals surface area contributed by atoms with Crippen molar-refractivity contribution in [3.63, 3.8) is 0 Å². The van der Waals surface area contributed by atoms with Gasteiger partial charge in [0.25, 0.3) is 0 Å². The molecular formula is C58H56O14S2. The van der Waals surface area contributed by atoms with Crippen molar-refractivity contribution in [1.82, 2.24) is 0 Å². The number of benzene rings is 8. The van der Waals surface area contributed by atoms with Gasteiger partial charge in [0.15, 0.2) is 23.0 Å². The first-order valence-electron chi connectivity index (χ1n) is 22.9. The van der Waals surface area contributed by atoms with E-state index in [1.807, 2.05) is 105 Å². The SMILES string of the molecule is COc1cc(-c2ccc(O)cc2)c(OC)c(O)c1-c1ccc(OCc2ccccc2)c(C)c1.COc1cc(-c2ccc(OS(C)(=O)=O)cc2)c(OC)c(OS(C)(=O)=O)c1-c1ccc(OCc2ccccc2)c(C)c1. The van der Waals surface area contributed by atoms with Gasteiger partial charge in [0, 0.05) is 11.1 Å². The molecule has 0 fully saturated rings. The first-order valence-corrected chi connectivity index (χ1v) is 26.5. The van der Waals surface area contributed by atoms with E-state index in [-0.39, 0.29) is 28.7 Å². The standard InChI is InChI=1S/C30H30O9S2.C28H26O5/c1-20-17-23(13-16-26(20)37-19-21-9-7-6-8-10-21)28-27(35-2)18-25(29(36-3)30(28)39-41(5,33)34)22-11-14-24(15-12-22)38-40(4,31)32;1-18-15-21(11-14-24(18)33-17-19-7-5-4-6-8-19)26-25(31-2)16-23(28(32-3)27(26)30)20-9-12-22(29)13-10-20/h6-18H,19H2,1-5H3;4-16,29-30H,17H2,1-3H3. The van der Waals surface area contributed by atoms with Gasteiger partial charge in [-0.3, -0.25) is 0 Å². The first kappa shape index (κ1) is 53.5.